The Kier molecular flexibility index (Phi) is 3.95. The van der Waals surface area contributed by atoms with Gasteiger partial charge in [-0.05, 0) is 30.3 Å². The van der Waals surface area contributed by atoms with Crippen LogP contribution in [0.2, 0.25) is 0 Å². The van der Waals surface area contributed by atoms with Crippen molar-refractivity contribution < 1.29 is 17.6 Å². The molecule has 0 saturated heterocycles. The number of carbonyl (C=O) groups excluding carboxylic acids is 1. The Bertz CT molecular complexity index is 804. The average molecular weight is 308 g/mol. The number of hydrogen-bond acceptors (Lipinski definition) is 4. The molecule has 0 fully saturated rings. The van der Waals surface area contributed by atoms with Crippen LogP contribution in [-0.2, 0) is 15.6 Å². The number of primary amides is 1. The molecule has 5 nitrogen and oxygen atoms in total. The number of sulfone groups is 1. The van der Waals surface area contributed by atoms with Crippen molar-refractivity contribution in [1.82, 2.24) is 0 Å². The second-order valence-electron chi connectivity index (χ2n) is 4.50. The van der Waals surface area contributed by atoms with Crippen LogP contribution >= 0.6 is 0 Å². The highest BCUT2D eigenvalue weighted by Gasteiger charge is 2.18. The first-order valence-electron chi connectivity index (χ1n) is 5.96. The third kappa shape index (κ3) is 3.38. The largest absolute Gasteiger partial charge is 0.399 e. The van der Waals surface area contributed by atoms with Gasteiger partial charge in [0, 0.05) is 16.8 Å². The minimum absolute atomic E-state index is 0.0147. The maximum atomic E-state index is 13.8. The van der Waals surface area contributed by atoms with Crippen molar-refractivity contribution in [3.63, 3.8) is 0 Å². The van der Waals surface area contributed by atoms with E-state index in [1.807, 2.05) is 0 Å². The lowest BCUT2D eigenvalue weighted by molar-refractivity contribution is 0.1000. The van der Waals surface area contributed by atoms with Gasteiger partial charge in [-0.25, -0.2) is 12.8 Å². The molecule has 0 atom stereocenters. The van der Waals surface area contributed by atoms with Crippen LogP contribution in [0.3, 0.4) is 0 Å². The molecule has 0 aliphatic carbocycles. The number of hydrogen-bond donors (Lipinski definition) is 2. The summed E-state index contributed by atoms with van der Waals surface area (Å²) < 4.78 is 38.3. The van der Waals surface area contributed by atoms with Gasteiger partial charge in [0.15, 0.2) is 9.84 Å². The van der Waals surface area contributed by atoms with Crippen LogP contribution in [0.5, 0.6) is 0 Å². The molecule has 2 aromatic carbocycles. The lowest BCUT2D eigenvalue weighted by atomic mass is 10.1. The maximum absolute atomic E-state index is 13.8. The van der Waals surface area contributed by atoms with E-state index in [2.05, 4.69) is 0 Å². The molecule has 0 aliphatic rings. The van der Waals surface area contributed by atoms with Crippen molar-refractivity contribution in [1.29, 1.82) is 0 Å². The third-order valence-corrected chi connectivity index (χ3v) is 4.56. The standard InChI is InChI=1S/C14H13FN2O3S/c15-13-6-9(14(17)18)4-5-10(13)8-21(19,20)12-3-1-2-11(16)7-12/h1-7H,8,16H2,(H2,17,18). The molecule has 0 bridgehead atoms. The van der Waals surface area contributed by atoms with Crippen LogP contribution in [0.25, 0.3) is 0 Å². The van der Waals surface area contributed by atoms with Gasteiger partial charge in [-0.3, -0.25) is 4.79 Å². The van der Waals surface area contributed by atoms with Crippen LogP contribution in [-0.4, -0.2) is 14.3 Å². The predicted molar refractivity (Wildman–Crippen MR) is 76.7 cm³/mol. The zero-order chi connectivity index (χ0) is 15.6. The van der Waals surface area contributed by atoms with Crippen molar-refractivity contribution in [2.24, 2.45) is 5.73 Å². The number of carbonyl (C=O) groups is 1. The van der Waals surface area contributed by atoms with Crippen molar-refractivity contribution in [3.8, 4) is 0 Å². The van der Waals surface area contributed by atoms with Crippen LogP contribution in [0.1, 0.15) is 15.9 Å². The molecule has 0 aliphatic heterocycles. The number of amides is 1. The molecule has 110 valence electrons. The van der Waals surface area contributed by atoms with Crippen LogP contribution in [0.15, 0.2) is 47.4 Å². The van der Waals surface area contributed by atoms with Gasteiger partial charge in [0.1, 0.15) is 5.82 Å². The van der Waals surface area contributed by atoms with E-state index in [9.17, 15) is 17.6 Å². The van der Waals surface area contributed by atoms with E-state index >= 15 is 0 Å². The lowest BCUT2D eigenvalue weighted by Crippen LogP contribution is -2.12. The van der Waals surface area contributed by atoms with Gasteiger partial charge < -0.3 is 11.5 Å². The van der Waals surface area contributed by atoms with Crippen molar-refractivity contribution in [2.45, 2.75) is 10.6 Å². The molecule has 0 saturated carbocycles. The summed E-state index contributed by atoms with van der Waals surface area (Å²) in [7, 11) is -3.73. The fourth-order valence-electron chi connectivity index (χ4n) is 1.81. The Hall–Kier alpha value is -2.41. The second-order valence-corrected chi connectivity index (χ2v) is 6.49. The van der Waals surface area contributed by atoms with Gasteiger partial charge in [0.05, 0.1) is 10.6 Å². The molecule has 21 heavy (non-hydrogen) atoms. The highest BCUT2D eigenvalue weighted by molar-refractivity contribution is 7.90. The predicted octanol–water partition coefficient (Wildman–Crippen LogP) is 1.48. The molecular formula is C14H13FN2O3S. The Labute approximate surface area is 121 Å². The van der Waals surface area contributed by atoms with E-state index in [1.165, 1.54) is 30.3 Å². The minimum atomic E-state index is -3.73. The van der Waals surface area contributed by atoms with E-state index in [4.69, 9.17) is 11.5 Å². The van der Waals surface area contributed by atoms with Crippen molar-refractivity contribution in [2.75, 3.05) is 5.73 Å². The normalized spacial score (nSPS) is 11.3. The Morgan fingerprint density at radius 2 is 1.86 bits per heavy atom. The first-order chi connectivity index (χ1) is 9.79. The van der Waals surface area contributed by atoms with Gasteiger partial charge in [-0.1, -0.05) is 12.1 Å². The first-order valence-corrected chi connectivity index (χ1v) is 7.61. The molecule has 2 aromatic rings. The topological polar surface area (TPSA) is 103 Å². The molecule has 0 unspecified atom stereocenters. The summed E-state index contributed by atoms with van der Waals surface area (Å²) in [6.07, 6.45) is 0. The van der Waals surface area contributed by atoms with Gasteiger partial charge in [-0.15, -0.1) is 0 Å². The zero-order valence-corrected chi connectivity index (χ0v) is 11.7. The number of halogens is 1. The van der Waals surface area contributed by atoms with Gasteiger partial charge in [-0.2, -0.15) is 0 Å². The van der Waals surface area contributed by atoms with Crippen LogP contribution in [0, 0.1) is 5.82 Å². The van der Waals surface area contributed by atoms with Crippen molar-refractivity contribution >= 4 is 21.4 Å². The molecule has 0 heterocycles. The fourth-order valence-corrected chi connectivity index (χ4v) is 3.23. The highest BCUT2D eigenvalue weighted by atomic mass is 32.2. The van der Waals surface area contributed by atoms with E-state index in [-0.39, 0.29) is 16.0 Å². The SMILES string of the molecule is NC(=O)c1ccc(CS(=O)(=O)c2cccc(N)c2)c(F)c1. The first kappa shape index (κ1) is 15.0. The zero-order valence-electron chi connectivity index (χ0n) is 10.9. The molecule has 2 rings (SSSR count). The summed E-state index contributed by atoms with van der Waals surface area (Å²) in [6.45, 7) is 0. The Morgan fingerprint density at radius 1 is 1.14 bits per heavy atom. The summed E-state index contributed by atoms with van der Waals surface area (Å²) in [6, 6.07) is 9.21. The summed E-state index contributed by atoms with van der Waals surface area (Å²) in [4.78, 5) is 10.9. The van der Waals surface area contributed by atoms with Crippen LogP contribution in [0.4, 0.5) is 10.1 Å². The smallest absolute Gasteiger partial charge is 0.248 e. The summed E-state index contributed by atoms with van der Waals surface area (Å²) in [5, 5.41) is 0. The summed E-state index contributed by atoms with van der Waals surface area (Å²) in [5.41, 5.74) is 10.8. The Morgan fingerprint density at radius 3 is 2.43 bits per heavy atom. The monoisotopic (exact) mass is 308 g/mol. The number of nitrogens with two attached hydrogens (primary N) is 2. The number of nitrogen functional groups attached to an aromatic ring is 1. The average Bonchev–Trinajstić information content (AvgIpc) is 2.40. The fraction of sp³-hybridized carbons (Fsp3) is 0.0714. The second kappa shape index (κ2) is 5.53. The minimum Gasteiger partial charge on any atom is -0.399 e. The van der Waals surface area contributed by atoms with Crippen LogP contribution < -0.4 is 11.5 Å². The van der Waals surface area contributed by atoms with Gasteiger partial charge in [0.25, 0.3) is 0 Å². The Balaban J connectivity index is 2.35. The van der Waals surface area contributed by atoms with E-state index in [1.54, 1.807) is 6.07 Å². The molecule has 0 spiro atoms. The van der Waals surface area contributed by atoms with E-state index < -0.39 is 27.3 Å². The molecule has 4 N–H and O–H groups in total. The summed E-state index contributed by atoms with van der Waals surface area (Å²) >= 11 is 0. The quantitative estimate of drug-likeness (QED) is 0.835. The third-order valence-electron chi connectivity index (χ3n) is 2.90. The van der Waals surface area contributed by atoms with E-state index in [0.717, 1.165) is 6.07 Å². The maximum Gasteiger partial charge on any atom is 0.248 e. The van der Waals surface area contributed by atoms with Gasteiger partial charge >= 0.3 is 0 Å². The molecule has 1 amide bonds. The van der Waals surface area contributed by atoms with Crippen molar-refractivity contribution in [3.05, 3.63) is 59.4 Å². The number of rotatable bonds is 4. The lowest BCUT2D eigenvalue weighted by Gasteiger charge is -2.07. The van der Waals surface area contributed by atoms with Gasteiger partial charge in [0.2, 0.25) is 5.91 Å². The molecular weight excluding hydrogens is 295 g/mol. The highest BCUT2D eigenvalue weighted by Crippen LogP contribution is 2.20. The van der Waals surface area contributed by atoms with E-state index in [0.29, 0.717) is 5.69 Å². The molecule has 0 aromatic heterocycles. The number of benzene rings is 2. The molecule has 0 radical (unpaired) electrons. The number of anilines is 1. The summed E-state index contributed by atoms with van der Waals surface area (Å²) in [5.74, 6) is -2.10. The molecule has 7 heteroatoms.